The van der Waals surface area contributed by atoms with E-state index in [1.54, 1.807) is 0 Å². The highest BCUT2D eigenvalue weighted by Crippen LogP contribution is 2.15. The van der Waals surface area contributed by atoms with Gasteiger partial charge in [0.1, 0.15) is 0 Å². The normalized spacial score (nSPS) is 13.1. The zero-order chi connectivity index (χ0) is 12.9. The lowest BCUT2D eigenvalue weighted by Gasteiger charge is -2.20. The molecule has 92 valence electrons. The fourth-order valence-corrected chi connectivity index (χ4v) is 1.05. The fourth-order valence-electron chi connectivity index (χ4n) is 1.05. The average molecular weight is 234 g/mol. The third kappa shape index (κ3) is 3.17. The van der Waals surface area contributed by atoms with Crippen molar-refractivity contribution in [2.75, 3.05) is 6.54 Å². The van der Waals surface area contributed by atoms with E-state index in [4.69, 9.17) is 26.8 Å². The summed E-state index contributed by atoms with van der Waals surface area (Å²) in [5.41, 5.74) is 7.82. The largest absolute Gasteiger partial charge is 0.481 e. The number of nitrogens with two attached hydrogens (primary N) is 2. The van der Waals surface area contributed by atoms with Crippen molar-refractivity contribution >= 4 is 17.9 Å². The Morgan fingerprint density at radius 2 is 1.56 bits per heavy atom. The molecule has 8 nitrogen and oxygen atoms in total. The Labute approximate surface area is 90.8 Å². The van der Waals surface area contributed by atoms with Gasteiger partial charge in [0.05, 0.1) is 5.92 Å². The van der Waals surface area contributed by atoms with E-state index in [2.05, 4.69) is 0 Å². The van der Waals surface area contributed by atoms with Crippen molar-refractivity contribution < 1.29 is 29.7 Å². The number of hydrogen-bond acceptors (Lipinski definition) is 5. The minimum atomic E-state index is -2.47. The van der Waals surface area contributed by atoms with Gasteiger partial charge >= 0.3 is 17.9 Å². The maximum absolute atomic E-state index is 10.6. The van der Waals surface area contributed by atoms with Gasteiger partial charge in [0.2, 0.25) is 5.54 Å². The second kappa shape index (κ2) is 5.42. The van der Waals surface area contributed by atoms with Crippen molar-refractivity contribution in [2.45, 2.75) is 18.4 Å². The molecule has 0 fully saturated rings. The predicted molar refractivity (Wildman–Crippen MR) is 51.6 cm³/mol. The molecule has 0 bridgehead atoms. The van der Waals surface area contributed by atoms with Gasteiger partial charge in [0.25, 0.3) is 0 Å². The molecule has 0 aromatic rings. The summed E-state index contributed by atoms with van der Waals surface area (Å²) in [6, 6.07) is 0. The average Bonchev–Trinajstić information content (AvgIpc) is 2.16. The summed E-state index contributed by atoms with van der Waals surface area (Å²) < 4.78 is 0. The van der Waals surface area contributed by atoms with E-state index in [9.17, 15) is 14.4 Å². The number of rotatable bonds is 7. The van der Waals surface area contributed by atoms with Crippen LogP contribution in [0.4, 0.5) is 0 Å². The van der Waals surface area contributed by atoms with Crippen molar-refractivity contribution in [1.82, 2.24) is 0 Å². The van der Waals surface area contributed by atoms with Crippen LogP contribution in [-0.4, -0.2) is 45.3 Å². The molecule has 0 aliphatic heterocycles. The highest BCUT2D eigenvalue weighted by molar-refractivity contribution is 6.02. The van der Waals surface area contributed by atoms with E-state index in [0.29, 0.717) is 0 Å². The minimum Gasteiger partial charge on any atom is -0.481 e. The van der Waals surface area contributed by atoms with Crippen LogP contribution in [0.3, 0.4) is 0 Å². The summed E-state index contributed by atoms with van der Waals surface area (Å²) >= 11 is 0. The Bertz CT molecular complexity index is 289. The van der Waals surface area contributed by atoms with Gasteiger partial charge in [-0.3, -0.25) is 4.79 Å². The summed E-state index contributed by atoms with van der Waals surface area (Å²) in [4.78, 5) is 31.9. The smallest absolute Gasteiger partial charge is 0.335 e. The molecule has 1 atom stereocenters. The first kappa shape index (κ1) is 14.3. The molecule has 0 aliphatic carbocycles. The molecule has 8 heteroatoms. The van der Waals surface area contributed by atoms with Crippen LogP contribution in [0.2, 0.25) is 0 Å². The summed E-state index contributed by atoms with van der Waals surface area (Å²) in [7, 11) is 0. The highest BCUT2D eigenvalue weighted by atomic mass is 16.4. The van der Waals surface area contributed by atoms with Crippen LogP contribution in [0, 0.1) is 5.92 Å². The SMILES string of the molecule is NCC(CCC(N)(C(=O)O)C(=O)O)C(=O)O. The van der Waals surface area contributed by atoms with Crippen molar-refractivity contribution in [2.24, 2.45) is 17.4 Å². The minimum absolute atomic E-state index is 0.204. The van der Waals surface area contributed by atoms with E-state index >= 15 is 0 Å². The molecular weight excluding hydrogens is 220 g/mol. The third-order valence-corrected chi connectivity index (χ3v) is 2.28. The number of carboxylic acid groups (broad SMARTS) is 3. The van der Waals surface area contributed by atoms with Gasteiger partial charge in [-0.1, -0.05) is 0 Å². The van der Waals surface area contributed by atoms with E-state index in [-0.39, 0.29) is 13.0 Å². The Balaban J connectivity index is 4.62. The quantitative estimate of drug-likeness (QED) is 0.325. The van der Waals surface area contributed by atoms with Crippen LogP contribution < -0.4 is 11.5 Å². The third-order valence-electron chi connectivity index (χ3n) is 2.28. The molecule has 0 rings (SSSR count). The van der Waals surface area contributed by atoms with Gasteiger partial charge in [0.15, 0.2) is 0 Å². The van der Waals surface area contributed by atoms with Gasteiger partial charge in [-0.15, -0.1) is 0 Å². The van der Waals surface area contributed by atoms with Crippen LogP contribution in [0.5, 0.6) is 0 Å². The van der Waals surface area contributed by atoms with Crippen molar-refractivity contribution in [3.05, 3.63) is 0 Å². The molecule has 0 spiro atoms. The molecule has 0 saturated carbocycles. The maximum Gasteiger partial charge on any atom is 0.335 e. The van der Waals surface area contributed by atoms with Gasteiger partial charge in [-0.25, -0.2) is 9.59 Å². The first-order chi connectivity index (χ1) is 7.25. The predicted octanol–water partition coefficient (Wildman–Crippen LogP) is -1.71. The van der Waals surface area contributed by atoms with Crippen LogP contribution >= 0.6 is 0 Å². The molecule has 0 aliphatic rings. The van der Waals surface area contributed by atoms with Crippen LogP contribution in [0.15, 0.2) is 0 Å². The molecule has 16 heavy (non-hydrogen) atoms. The lowest BCUT2D eigenvalue weighted by Crippen LogP contribution is -2.55. The maximum atomic E-state index is 10.6. The summed E-state index contributed by atoms with van der Waals surface area (Å²) in [5.74, 6) is -5.62. The molecular formula is C8H14N2O6. The zero-order valence-corrected chi connectivity index (χ0v) is 8.42. The van der Waals surface area contributed by atoms with Crippen molar-refractivity contribution in [3.63, 3.8) is 0 Å². The van der Waals surface area contributed by atoms with Crippen molar-refractivity contribution in [1.29, 1.82) is 0 Å². The van der Waals surface area contributed by atoms with Gasteiger partial charge < -0.3 is 26.8 Å². The van der Waals surface area contributed by atoms with E-state index in [1.165, 1.54) is 0 Å². The number of carbonyl (C=O) groups is 3. The first-order valence-electron chi connectivity index (χ1n) is 4.44. The Hall–Kier alpha value is -1.67. The molecule has 0 aromatic heterocycles. The van der Waals surface area contributed by atoms with Crippen molar-refractivity contribution in [3.8, 4) is 0 Å². The standard InChI is InChI=1S/C8H14N2O6/c9-3-4(5(11)12)1-2-8(10,6(13)14)7(15)16/h4H,1-3,9-10H2,(H,11,12)(H,13,14)(H,15,16). The van der Waals surface area contributed by atoms with E-state index < -0.39 is 35.8 Å². The lowest BCUT2D eigenvalue weighted by molar-refractivity contribution is -0.158. The molecule has 0 radical (unpaired) electrons. The Morgan fingerprint density at radius 1 is 1.12 bits per heavy atom. The summed E-state index contributed by atoms with van der Waals surface area (Å²) in [6.07, 6.45) is -0.702. The molecule has 0 aromatic carbocycles. The number of carboxylic acids is 3. The lowest BCUT2D eigenvalue weighted by atomic mass is 9.90. The second-order valence-electron chi connectivity index (χ2n) is 3.39. The van der Waals surface area contributed by atoms with Gasteiger partial charge in [-0.05, 0) is 12.8 Å². The van der Waals surface area contributed by atoms with E-state index in [1.807, 2.05) is 0 Å². The molecule has 1 unspecified atom stereocenters. The molecule has 0 saturated heterocycles. The molecule has 0 heterocycles. The zero-order valence-electron chi connectivity index (χ0n) is 8.42. The number of aliphatic carboxylic acids is 3. The Morgan fingerprint density at radius 3 is 1.81 bits per heavy atom. The van der Waals surface area contributed by atoms with Gasteiger partial charge in [0, 0.05) is 6.54 Å². The molecule has 0 amide bonds. The first-order valence-corrected chi connectivity index (χ1v) is 4.44. The van der Waals surface area contributed by atoms with Gasteiger partial charge in [-0.2, -0.15) is 0 Å². The van der Waals surface area contributed by atoms with E-state index in [0.717, 1.165) is 0 Å². The monoisotopic (exact) mass is 234 g/mol. The highest BCUT2D eigenvalue weighted by Gasteiger charge is 2.42. The summed E-state index contributed by atoms with van der Waals surface area (Å²) in [5, 5.41) is 25.9. The second-order valence-corrected chi connectivity index (χ2v) is 3.39. The fraction of sp³-hybridized carbons (Fsp3) is 0.625. The number of hydrogen-bond donors (Lipinski definition) is 5. The van der Waals surface area contributed by atoms with Crippen LogP contribution in [0.1, 0.15) is 12.8 Å². The summed E-state index contributed by atoms with van der Waals surface area (Å²) in [6.45, 7) is -0.204. The Kier molecular flexibility index (Phi) is 4.86. The topological polar surface area (TPSA) is 164 Å². The van der Waals surface area contributed by atoms with Crippen LogP contribution in [-0.2, 0) is 14.4 Å². The molecule has 7 N–H and O–H groups in total. The van der Waals surface area contributed by atoms with Crippen LogP contribution in [0.25, 0.3) is 0 Å².